The van der Waals surface area contributed by atoms with E-state index >= 15 is 0 Å². The molecule has 1 aliphatic heterocycles. The van der Waals surface area contributed by atoms with Gasteiger partial charge in [-0.05, 0) is 18.2 Å². The van der Waals surface area contributed by atoms with Gasteiger partial charge < -0.3 is 18.6 Å². The third kappa shape index (κ3) is 2.39. The average Bonchev–Trinajstić information content (AvgIpc) is 3.12. The molecule has 0 fully saturated rings. The van der Waals surface area contributed by atoms with Crippen molar-refractivity contribution in [3.05, 3.63) is 51.5 Å². The number of fused-ring (bicyclic) bond motifs is 1. The molecule has 0 saturated heterocycles. The Bertz CT molecular complexity index is 834. The van der Waals surface area contributed by atoms with E-state index in [9.17, 15) is 14.9 Å². The molecule has 0 spiro atoms. The number of ketones is 1. The highest BCUT2D eigenvalue weighted by Crippen LogP contribution is 2.45. The Labute approximate surface area is 130 Å². The normalized spacial score (nSPS) is 14.5. The summed E-state index contributed by atoms with van der Waals surface area (Å²) in [6.45, 7) is 0. The zero-order valence-electron chi connectivity index (χ0n) is 12.2. The number of rotatable bonds is 4. The van der Waals surface area contributed by atoms with Crippen LogP contribution in [0.25, 0.3) is 6.08 Å². The first kappa shape index (κ1) is 14.6. The fraction of sp³-hybridized carbons (Fsp3) is 0.133. The van der Waals surface area contributed by atoms with E-state index in [1.807, 2.05) is 0 Å². The second kappa shape index (κ2) is 5.48. The SMILES string of the molecule is COc1ccc2c(c1OC)OC(=Cc1ccc([N+](=O)[O-])o1)C2=O. The zero-order chi connectivity index (χ0) is 16.6. The lowest BCUT2D eigenvalue weighted by Gasteiger charge is -2.10. The molecule has 3 rings (SSSR count). The van der Waals surface area contributed by atoms with Crippen LogP contribution in [0.3, 0.4) is 0 Å². The molecular formula is C15H11NO7. The summed E-state index contributed by atoms with van der Waals surface area (Å²) in [7, 11) is 2.91. The number of nitrogens with zero attached hydrogens (tertiary/aromatic N) is 1. The third-order valence-electron chi connectivity index (χ3n) is 3.25. The Morgan fingerprint density at radius 2 is 1.96 bits per heavy atom. The van der Waals surface area contributed by atoms with Crippen molar-refractivity contribution in [1.29, 1.82) is 0 Å². The Morgan fingerprint density at radius 3 is 2.57 bits per heavy atom. The number of hydrogen-bond acceptors (Lipinski definition) is 7. The predicted molar refractivity (Wildman–Crippen MR) is 77.8 cm³/mol. The van der Waals surface area contributed by atoms with Gasteiger partial charge in [0, 0.05) is 6.08 Å². The fourth-order valence-corrected chi connectivity index (χ4v) is 2.21. The lowest BCUT2D eigenvalue weighted by atomic mass is 10.1. The van der Waals surface area contributed by atoms with Crippen LogP contribution in [0.15, 0.2) is 34.4 Å². The summed E-state index contributed by atoms with van der Waals surface area (Å²) in [5.74, 6) is 0.291. The van der Waals surface area contributed by atoms with Gasteiger partial charge in [-0.15, -0.1) is 0 Å². The molecule has 0 N–H and O–H groups in total. The molecule has 0 aliphatic carbocycles. The summed E-state index contributed by atoms with van der Waals surface area (Å²) in [6.07, 6.45) is 1.29. The standard InChI is InChI=1S/C15H11NO7/c1-20-10-5-4-9-13(17)11(23-14(9)15(10)21-2)7-8-3-6-12(22-8)16(18)19/h3-7H,1-2H3. The summed E-state index contributed by atoms with van der Waals surface area (Å²) in [5, 5.41) is 10.6. The van der Waals surface area contributed by atoms with Gasteiger partial charge in [-0.1, -0.05) is 0 Å². The van der Waals surface area contributed by atoms with Crippen LogP contribution in [0.5, 0.6) is 17.2 Å². The van der Waals surface area contributed by atoms with Crippen molar-refractivity contribution in [3.63, 3.8) is 0 Å². The van der Waals surface area contributed by atoms with E-state index in [-0.39, 0.29) is 23.1 Å². The Balaban J connectivity index is 1.99. The molecule has 1 aliphatic rings. The highest BCUT2D eigenvalue weighted by molar-refractivity contribution is 6.15. The smallest absolute Gasteiger partial charge is 0.433 e. The van der Waals surface area contributed by atoms with Gasteiger partial charge in [-0.25, -0.2) is 0 Å². The summed E-state index contributed by atoms with van der Waals surface area (Å²) < 4.78 is 20.9. The van der Waals surface area contributed by atoms with Crippen molar-refractivity contribution < 1.29 is 28.3 Å². The zero-order valence-corrected chi connectivity index (χ0v) is 12.2. The first-order valence-electron chi connectivity index (χ1n) is 6.48. The van der Waals surface area contributed by atoms with E-state index in [0.717, 1.165) is 0 Å². The predicted octanol–water partition coefficient (Wildman–Crippen LogP) is 2.82. The van der Waals surface area contributed by atoms with Crippen LogP contribution < -0.4 is 14.2 Å². The van der Waals surface area contributed by atoms with Crippen molar-refractivity contribution in [2.75, 3.05) is 14.2 Å². The van der Waals surface area contributed by atoms with E-state index < -0.39 is 10.8 Å². The quantitative estimate of drug-likeness (QED) is 0.485. The Kier molecular flexibility index (Phi) is 3.49. The second-order valence-corrected chi connectivity index (χ2v) is 4.55. The third-order valence-corrected chi connectivity index (χ3v) is 3.25. The first-order valence-corrected chi connectivity index (χ1v) is 6.48. The van der Waals surface area contributed by atoms with Crippen LogP contribution in [-0.2, 0) is 0 Å². The van der Waals surface area contributed by atoms with Crippen LogP contribution in [0.1, 0.15) is 16.1 Å². The number of hydrogen-bond donors (Lipinski definition) is 0. The largest absolute Gasteiger partial charge is 0.493 e. The Morgan fingerprint density at radius 1 is 1.17 bits per heavy atom. The minimum Gasteiger partial charge on any atom is -0.493 e. The summed E-state index contributed by atoms with van der Waals surface area (Å²) in [6, 6.07) is 5.73. The number of carbonyl (C=O) groups excluding carboxylic acids is 1. The molecule has 1 aromatic carbocycles. The van der Waals surface area contributed by atoms with Gasteiger partial charge in [-0.3, -0.25) is 14.9 Å². The van der Waals surface area contributed by atoms with Crippen LogP contribution in [-0.4, -0.2) is 24.9 Å². The number of allylic oxidation sites excluding steroid dienone is 1. The number of furan rings is 1. The summed E-state index contributed by atoms with van der Waals surface area (Å²) >= 11 is 0. The lowest BCUT2D eigenvalue weighted by Crippen LogP contribution is -1.97. The lowest BCUT2D eigenvalue weighted by molar-refractivity contribution is -0.402. The summed E-state index contributed by atoms with van der Waals surface area (Å²) in [5.41, 5.74) is 0.315. The molecule has 2 aromatic rings. The molecule has 0 bridgehead atoms. The van der Waals surface area contributed by atoms with Gasteiger partial charge >= 0.3 is 5.88 Å². The molecular weight excluding hydrogens is 306 g/mol. The molecule has 2 heterocycles. The van der Waals surface area contributed by atoms with Crippen molar-refractivity contribution >= 4 is 17.7 Å². The number of methoxy groups -OCH3 is 2. The van der Waals surface area contributed by atoms with Gasteiger partial charge in [0.25, 0.3) is 0 Å². The maximum Gasteiger partial charge on any atom is 0.433 e. The molecule has 118 valence electrons. The number of carbonyl (C=O) groups is 1. The Hall–Kier alpha value is -3.29. The monoisotopic (exact) mass is 317 g/mol. The second-order valence-electron chi connectivity index (χ2n) is 4.55. The molecule has 23 heavy (non-hydrogen) atoms. The topological polar surface area (TPSA) is 101 Å². The van der Waals surface area contributed by atoms with Gasteiger partial charge in [0.05, 0.1) is 25.8 Å². The minimum absolute atomic E-state index is 0.0178. The van der Waals surface area contributed by atoms with E-state index in [2.05, 4.69) is 0 Å². The minimum atomic E-state index is -0.665. The molecule has 0 saturated carbocycles. The fourth-order valence-electron chi connectivity index (χ4n) is 2.21. The van der Waals surface area contributed by atoms with E-state index in [0.29, 0.717) is 17.1 Å². The highest BCUT2D eigenvalue weighted by atomic mass is 16.6. The van der Waals surface area contributed by atoms with Crippen molar-refractivity contribution in [1.82, 2.24) is 0 Å². The molecule has 1 aromatic heterocycles. The van der Waals surface area contributed by atoms with Crippen molar-refractivity contribution in [3.8, 4) is 17.2 Å². The molecule has 8 nitrogen and oxygen atoms in total. The molecule has 0 radical (unpaired) electrons. The van der Waals surface area contributed by atoms with Gasteiger partial charge in [0.2, 0.25) is 11.5 Å². The molecule has 0 unspecified atom stereocenters. The number of benzene rings is 1. The number of ether oxygens (including phenoxy) is 3. The number of nitro groups is 1. The van der Waals surface area contributed by atoms with Crippen LogP contribution >= 0.6 is 0 Å². The average molecular weight is 317 g/mol. The van der Waals surface area contributed by atoms with E-state index in [4.69, 9.17) is 18.6 Å². The highest BCUT2D eigenvalue weighted by Gasteiger charge is 2.32. The van der Waals surface area contributed by atoms with Crippen LogP contribution in [0.4, 0.5) is 5.88 Å². The van der Waals surface area contributed by atoms with Gasteiger partial charge in [0.1, 0.15) is 10.7 Å². The molecule has 0 atom stereocenters. The molecule has 8 heteroatoms. The van der Waals surface area contributed by atoms with E-state index in [1.165, 1.54) is 32.4 Å². The maximum absolute atomic E-state index is 12.3. The van der Waals surface area contributed by atoms with Crippen molar-refractivity contribution in [2.45, 2.75) is 0 Å². The van der Waals surface area contributed by atoms with Crippen LogP contribution in [0.2, 0.25) is 0 Å². The summed E-state index contributed by atoms with van der Waals surface area (Å²) in [4.78, 5) is 22.3. The van der Waals surface area contributed by atoms with Gasteiger partial charge in [-0.2, -0.15) is 0 Å². The van der Waals surface area contributed by atoms with Crippen molar-refractivity contribution in [2.24, 2.45) is 0 Å². The first-order chi connectivity index (χ1) is 11.0. The number of Topliss-reactive ketones (excluding diaryl/α,β-unsaturated/α-hetero) is 1. The molecule has 0 amide bonds. The van der Waals surface area contributed by atoms with E-state index in [1.54, 1.807) is 12.1 Å². The van der Waals surface area contributed by atoms with Crippen LogP contribution in [0, 0.1) is 10.1 Å². The van der Waals surface area contributed by atoms with Gasteiger partial charge in [0.15, 0.2) is 17.3 Å². The maximum atomic E-state index is 12.3.